The van der Waals surface area contributed by atoms with Gasteiger partial charge in [-0.2, -0.15) is 5.26 Å². The lowest BCUT2D eigenvalue weighted by Gasteiger charge is -2.14. The Kier molecular flexibility index (Phi) is 7.43. The molecule has 4 rings (SSSR count). The number of benzene rings is 2. The van der Waals surface area contributed by atoms with Gasteiger partial charge in [-0.25, -0.2) is 13.4 Å². The van der Waals surface area contributed by atoms with E-state index in [-0.39, 0.29) is 17.9 Å². The van der Waals surface area contributed by atoms with Crippen LogP contribution in [0.25, 0.3) is 21.0 Å². The van der Waals surface area contributed by atoms with Crippen molar-refractivity contribution in [3.05, 3.63) is 59.3 Å². The van der Waals surface area contributed by atoms with Gasteiger partial charge >= 0.3 is 0 Å². The third kappa shape index (κ3) is 5.44. The van der Waals surface area contributed by atoms with Gasteiger partial charge < -0.3 is 10.1 Å². The fourth-order valence-electron chi connectivity index (χ4n) is 4.22. The molecule has 2 aromatic carbocycles. The number of nitrogens with zero attached hydrogens (tertiary/aromatic N) is 2. The van der Waals surface area contributed by atoms with Gasteiger partial charge in [-0.1, -0.05) is 18.2 Å². The SMILES string of the molecule is CC(C)Oc1ccc(-c2ncc(-c3cccc4c3CC[C@@H]4NCCC[SH](=O)=O)s2)cc1C#N. The largest absolute Gasteiger partial charge is 0.490 e. The molecule has 1 aromatic heterocycles. The number of hydrogen-bond donors (Lipinski definition) is 2. The van der Waals surface area contributed by atoms with E-state index in [4.69, 9.17) is 4.74 Å². The number of hydrogen-bond acceptors (Lipinski definition) is 7. The number of nitrogens with one attached hydrogen (secondary N) is 1. The van der Waals surface area contributed by atoms with Crippen molar-refractivity contribution in [1.82, 2.24) is 10.3 Å². The molecule has 1 aliphatic carbocycles. The van der Waals surface area contributed by atoms with Crippen molar-refractivity contribution in [1.29, 1.82) is 5.26 Å². The minimum absolute atomic E-state index is 0.00376. The van der Waals surface area contributed by atoms with Crippen LogP contribution in [0.3, 0.4) is 0 Å². The summed E-state index contributed by atoms with van der Waals surface area (Å²) in [5.41, 5.74) is 5.23. The molecule has 33 heavy (non-hydrogen) atoms. The number of thiol groups is 1. The normalized spacial score (nSPS) is 15.1. The van der Waals surface area contributed by atoms with E-state index in [0.717, 1.165) is 28.3 Å². The second-order valence-electron chi connectivity index (χ2n) is 8.35. The Morgan fingerprint density at radius 1 is 1.30 bits per heavy atom. The van der Waals surface area contributed by atoms with E-state index in [1.165, 1.54) is 16.7 Å². The molecular weight excluding hydrogens is 454 g/mol. The molecule has 0 saturated carbocycles. The minimum Gasteiger partial charge on any atom is -0.490 e. The van der Waals surface area contributed by atoms with Crippen LogP contribution in [0.15, 0.2) is 42.6 Å². The molecule has 0 fully saturated rings. The van der Waals surface area contributed by atoms with Gasteiger partial charge in [-0.15, -0.1) is 11.3 Å². The molecule has 0 spiro atoms. The van der Waals surface area contributed by atoms with Gasteiger partial charge in [-0.05, 0) is 74.5 Å². The van der Waals surface area contributed by atoms with Crippen LogP contribution in [0, 0.1) is 11.3 Å². The molecular formula is C25H27N3O3S2. The van der Waals surface area contributed by atoms with E-state index in [2.05, 4.69) is 34.6 Å². The van der Waals surface area contributed by atoms with E-state index in [1.54, 1.807) is 11.3 Å². The summed E-state index contributed by atoms with van der Waals surface area (Å²) >= 11 is 1.62. The first-order chi connectivity index (χ1) is 16.0. The van der Waals surface area contributed by atoms with Crippen LogP contribution >= 0.6 is 11.3 Å². The Labute approximate surface area is 200 Å². The van der Waals surface area contributed by atoms with Gasteiger partial charge in [0, 0.05) is 23.6 Å². The highest BCUT2D eigenvalue weighted by Gasteiger charge is 2.25. The number of ether oxygens (including phenoxy) is 1. The predicted molar refractivity (Wildman–Crippen MR) is 132 cm³/mol. The Morgan fingerprint density at radius 3 is 2.91 bits per heavy atom. The summed E-state index contributed by atoms with van der Waals surface area (Å²) in [5, 5.41) is 13.9. The highest BCUT2D eigenvalue weighted by Crippen LogP contribution is 2.41. The highest BCUT2D eigenvalue weighted by molar-refractivity contribution is 7.72. The van der Waals surface area contributed by atoms with Crippen molar-refractivity contribution in [3.63, 3.8) is 0 Å². The topological polar surface area (TPSA) is 92.1 Å². The van der Waals surface area contributed by atoms with Crippen LogP contribution in [0.1, 0.15) is 49.4 Å². The molecule has 0 amide bonds. The van der Waals surface area contributed by atoms with Crippen LogP contribution < -0.4 is 10.1 Å². The van der Waals surface area contributed by atoms with Crippen LogP contribution in [0.2, 0.25) is 0 Å². The minimum atomic E-state index is -2.31. The third-order valence-corrected chi connectivity index (χ3v) is 7.42. The molecule has 8 heteroatoms. The average molecular weight is 482 g/mol. The first kappa shape index (κ1) is 23.4. The molecule has 0 aliphatic heterocycles. The molecule has 0 saturated heterocycles. The van der Waals surface area contributed by atoms with Crippen LogP contribution in [-0.2, 0) is 17.1 Å². The van der Waals surface area contributed by atoms with Gasteiger partial charge in [0.05, 0.1) is 16.5 Å². The maximum Gasteiger partial charge on any atom is 0.140 e. The molecule has 172 valence electrons. The molecule has 3 aromatic rings. The van der Waals surface area contributed by atoms with Crippen LogP contribution in [0.5, 0.6) is 5.75 Å². The molecule has 1 heterocycles. The van der Waals surface area contributed by atoms with Gasteiger partial charge in [0.15, 0.2) is 0 Å². The van der Waals surface area contributed by atoms with Crippen molar-refractivity contribution in [3.8, 4) is 32.8 Å². The van der Waals surface area contributed by atoms with Gasteiger partial charge in [0.1, 0.15) is 27.5 Å². The number of fused-ring (bicyclic) bond motifs is 1. The number of rotatable bonds is 9. The standard InChI is InChI=1S/C25H27N3O3S2/c1-16(2)31-23-10-7-17(13-18(23)14-26)25-28-15-24(32-25)21-6-3-5-20-19(21)8-9-22(20)27-11-4-12-33(29)30/h3,5-7,10,13,15-16,22,27,33H,4,8-9,11-12H2,1-2H3/t22-/m0/s1. The molecule has 6 nitrogen and oxygen atoms in total. The van der Waals surface area contributed by atoms with Crippen molar-refractivity contribution < 1.29 is 13.2 Å². The molecule has 1 aliphatic rings. The zero-order chi connectivity index (χ0) is 23.4. The highest BCUT2D eigenvalue weighted by atomic mass is 32.2. The maximum atomic E-state index is 10.8. The monoisotopic (exact) mass is 481 g/mol. The summed E-state index contributed by atoms with van der Waals surface area (Å²) < 4.78 is 27.3. The zero-order valence-electron chi connectivity index (χ0n) is 18.7. The van der Waals surface area contributed by atoms with E-state index >= 15 is 0 Å². The third-order valence-electron chi connectivity index (χ3n) is 5.66. The van der Waals surface area contributed by atoms with Crippen LogP contribution in [-0.4, -0.2) is 31.8 Å². The second-order valence-corrected chi connectivity index (χ2v) is 10.5. The number of nitriles is 1. The Balaban J connectivity index is 1.55. The first-order valence-corrected chi connectivity index (χ1v) is 13.3. The first-order valence-electron chi connectivity index (χ1n) is 11.1. The van der Waals surface area contributed by atoms with Crippen molar-refractivity contribution >= 4 is 22.0 Å². The van der Waals surface area contributed by atoms with Crippen molar-refractivity contribution in [2.45, 2.75) is 45.3 Å². The lowest BCUT2D eigenvalue weighted by Crippen LogP contribution is -2.21. The fraction of sp³-hybridized carbons (Fsp3) is 0.360. The van der Waals surface area contributed by atoms with E-state index in [9.17, 15) is 13.7 Å². The zero-order valence-corrected chi connectivity index (χ0v) is 20.4. The lowest BCUT2D eigenvalue weighted by atomic mass is 10.0. The van der Waals surface area contributed by atoms with Crippen molar-refractivity contribution in [2.75, 3.05) is 12.3 Å². The summed E-state index contributed by atoms with van der Waals surface area (Å²) in [6.45, 7) is 4.57. The number of aromatic nitrogens is 1. The quantitative estimate of drug-likeness (QED) is 0.340. The van der Waals surface area contributed by atoms with Gasteiger partial charge in [0.25, 0.3) is 0 Å². The molecule has 0 bridgehead atoms. The summed E-state index contributed by atoms with van der Waals surface area (Å²) in [6, 6.07) is 14.5. The van der Waals surface area contributed by atoms with E-state index in [0.29, 0.717) is 24.3 Å². The molecule has 1 atom stereocenters. The van der Waals surface area contributed by atoms with Gasteiger partial charge in [-0.3, -0.25) is 0 Å². The lowest BCUT2D eigenvalue weighted by molar-refractivity contribution is 0.242. The van der Waals surface area contributed by atoms with E-state index in [1.807, 2.05) is 38.2 Å². The smallest absolute Gasteiger partial charge is 0.140 e. The maximum absolute atomic E-state index is 10.8. The van der Waals surface area contributed by atoms with Gasteiger partial charge in [0.2, 0.25) is 0 Å². The average Bonchev–Trinajstić information content (AvgIpc) is 3.44. The second kappa shape index (κ2) is 10.5. The van der Waals surface area contributed by atoms with E-state index < -0.39 is 10.7 Å². The molecule has 1 N–H and O–H groups in total. The fourth-order valence-corrected chi connectivity index (χ4v) is 5.60. The molecule has 0 unspecified atom stereocenters. The summed E-state index contributed by atoms with van der Waals surface area (Å²) in [5.74, 6) is 0.818. The molecule has 0 radical (unpaired) electrons. The number of thiazole rings is 1. The Hall–Kier alpha value is -2.73. The Morgan fingerprint density at radius 2 is 2.15 bits per heavy atom. The predicted octanol–water partition coefficient (Wildman–Crippen LogP) is 4.71. The summed E-state index contributed by atoms with van der Waals surface area (Å²) in [7, 11) is -2.31. The Bertz CT molecular complexity index is 1250. The van der Waals surface area contributed by atoms with Crippen LogP contribution in [0.4, 0.5) is 0 Å². The van der Waals surface area contributed by atoms with Crippen molar-refractivity contribution in [2.24, 2.45) is 0 Å². The summed E-state index contributed by atoms with van der Waals surface area (Å²) in [6.07, 6.45) is 4.53. The summed E-state index contributed by atoms with van der Waals surface area (Å²) in [4.78, 5) is 5.75.